The van der Waals surface area contributed by atoms with Crippen LogP contribution in [0, 0.1) is 12.7 Å². The molecule has 0 atom stereocenters. The summed E-state index contributed by atoms with van der Waals surface area (Å²) in [5.74, 6) is 0.964. The summed E-state index contributed by atoms with van der Waals surface area (Å²) in [5.41, 5.74) is 4.34. The Morgan fingerprint density at radius 3 is 2.65 bits per heavy atom. The van der Waals surface area contributed by atoms with Gasteiger partial charge in [-0.25, -0.2) is 14.4 Å². The second-order valence-electron chi connectivity index (χ2n) is 6.92. The Morgan fingerprint density at radius 2 is 1.94 bits per heavy atom. The maximum Gasteiger partial charge on any atom is 0.226 e. The van der Waals surface area contributed by atoms with Gasteiger partial charge in [0.15, 0.2) is 5.96 Å². The predicted molar refractivity (Wildman–Crippen MR) is 131 cm³/mol. The molecule has 3 aromatic rings. The van der Waals surface area contributed by atoms with Gasteiger partial charge in [-0.3, -0.25) is 0 Å². The van der Waals surface area contributed by atoms with Gasteiger partial charge in [0.05, 0.1) is 25.4 Å². The standard InChI is InChI=1S/C23H27FN4O2.HI/c1-4-25-23(26-12-17-7-10-21(24)19(11-17)14-29-3)27-13-20-15-30-22(28-20)18-8-5-16(2)6-9-18;/h5-11,15H,4,12-14H2,1-3H3,(H2,25,26,27);1H. The monoisotopic (exact) mass is 538 g/mol. The number of aryl methyl sites for hydroxylation is 1. The summed E-state index contributed by atoms with van der Waals surface area (Å²) in [6.07, 6.45) is 1.64. The molecule has 0 unspecified atom stereocenters. The highest BCUT2D eigenvalue weighted by atomic mass is 127. The zero-order valence-electron chi connectivity index (χ0n) is 17.9. The number of benzene rings is 2. The van der Waals surface area contributed by atoms with Crippen molar-refractivity contribution in [1.29, 1.82) is 0 Å². The van der Waals surface area contributed by atoms with Crippen molar-refractivity contribution < 1.29 is 13.5 Å². The second kappa shape index (κ2) is 12.4. The van der Waals surface area contributed by atoms with E-state index < -0.39 is 0 Å². The Labute approximate surface area is 199 Å². The van der Waals surface area contributed by atoms with Gasteiger partial charge in [0, 0.05) is 24.8 Å². The number of aromatic nitrogens is 1. The molecule has 0 aliphatic rings. The number of aliphatic imine (C=N–C) groups is 1. The number of halogens is 2. The van der Waals surface area contributed by atoms with Crippen LogP contribution in [-0.2, 0) is 24.4 Å². The van der Waals surface area contributed by atoms with Crippen molar-refractivity contribution in [2.45, 2.75) is 33.5 Å². The number of nitrogens with zero attached hydrogens (tertiary/aromatic N) is 2. The molecular formula is C23H28FIN4O2. The van der Waals surface area contributed by atoms with Crippen LogP contribution in [0.4, 0.5) is 4.39 Å². The maximum atomic E-state index is 13.8. The highest BCUT2D eigenvalue weighted by Crippen LogP contribution is 2.19. The fourth-order valence-corrected chi connectivity index (χ4v) is 2.90. The van der Waals surface area contributed by atoms with Gasteiger partial charge in [-0.05, 0) is 43.7 Å². The van der Waals surface area contributed by atoms with Crippen LogP contribution >= 0.6 is 24.0 Å². The third kappa shape index (κ3) is 7.32. The Kier molecular flexibility index (Phi) is 9.93. The normalized spacial score (nSPS) is 11.2. The number of ether oxygens (including phenoxy) is 1. The summed E-state index contributed by atoms with van der Waals surface area (Å²) >= 11 is 0. The molecule has 166 valence electrons. The van der Waals surface area contributed by atoms with Gasteiger partial charge >= 0.3 is 0 Å². The van der Waals surface area contributed by atoms with Crippen LogP contribution < -0.4 is 10.6 Å². The lowest BCUT2D eigenvalue weighted by molar-refractivity contribution is 0.181. The first-order valence-electron chi connectivity index (χ1n) is 9.89. The SMILES string of the molecule is CCNC(=NCc1ccc(F)c(COC)c1)NCc1coc(-c2ccc(C)cc2)n1.I. The Bertz CT molecular complexity index is 989. The Morgan fingerprint density at radius 1 is 1.16 bits per heavy atom. The maximum absolute atomic E-state index is 13.8. The van der Waals surface area contributed by atoms with Crippen LogP contribution in [0.15, 0.2) is 58.1 Å². The molecule has 0 spiro atoms. The van der Waals surface area contributed by atoms with Gasteiger partial charge < -0.3 is 19.8 Å². The molecule has 0 fully saturated rings. The van der Waals surface area contributed by atoms with Crippen molar-refractivity contribution in [3.05, 3.63) is 76.9 Å². The van der Waals surface area contributed by atoms with Gasteiger partial charge in [0.2, 0.25) is 5.89 Å². The zero-order valence-corrected chi connectivity index (χ0v) is 20.3. The van der Waals surface area contributed by atoms with E-state index in [0.717, 1.165) is 23.4 Å². The summed E-state index contributed by atoms with van der Waals surface area (Å²) in [6.45, 7) is 5.88. The number of rotatable bonds is 8. The van der Waals surface area contributed by atoms with Crippen LogP contribution in [-0.4, -0.2) is 24.6 Å². The topological polar surface area (TPSA) is 71.7 Å². The van der Waals surface area contributed by atoms with Gasteiger partial charge in [-0.1, -0.05) is 23.8 Å². The number of methoxy groups -OCH3 is 1. The third-order valence-corrected chi connectivity index (χ3v) is 4.46. The van der Waals surface area contributed by atoms with E-state index in [1.807, 2.05) is 38.1 Å². The minimum Gasteiger partial charge on any atom is -0.444 e. The fraction of sp³-hybridized carbons (Fsp3) is 0.304. The third-order valence-electron chi connectivity index (χ3n) is 4.46. The molecule has 0 radical (unpaired) electrons. The first-order chi connectivity index (χ1) is 14.6. The molecule has 0 saturated carbocycles. The van der Waals surface area contributed by atoms with E-state index in [0.29, 0.717) is 30.5 Å². The smallest absolute Gasteiger partial charge is 0.226 e. The van der Waals surface area contributed by atoms with Crippen LogP contribution in [0.25, 0.3) is 11.5 Å². The van der Waals surface area contributed by atoms with Crippen LogP contribution in [0.2, 0.25) is 0 Å². The number of hydrogen-bond acceptors (Lipinski definition) is 4. The van der Waals surface area contributed by atoms with Gasteiger partial charge in [0.25, 0.3) is 0 Å². The van der Waals surface area contributed by atoms with Crippen molar-refractivity contribution in [2.24, 2.45) is 4.99 Å². The van der Waals surface area contributed by atoms with Crippen molar-refractivity contribution in [2.75, 3.05) is 13.7 Å². The number of nitrogens with one attached hydrogen (secondary N) is 2. The minimum absolute atomic E-state index is 0. The second-order valence-corrected chi connectivity index (χ2v) is 6.92. The summed E-state index contributed by atoms with van der Waals surface area (Å²) in [4.78, 5) is 9.11. The molecule has 2 aromatic carbocycles. The quantitative estimate of drug-likeness (QED) is 0.245. The first-order valence-corrected chi connectivity index (χ1v) is 9.89. The molecule has 2 N–H and O–H groups in total. The van der Waals surface area contributed by atoms with E-state index in [4.69, 9.17) is 9.15 Å². The molecular weight excluding hydrogens is 510 g/mol. The highest BCUT2D eigenvalue weighted by molar-refractivity contribution is 14.0. The van der Waals surface area contributed by atoms with Gasteiger partial charge in [0.1, 0.15) is 12.1 Å². The minimum atomic E-state index is -0.273. The van der Waals surface area contributed by atoms with E-state index in [2.05, 4.69) is 20.6 Å². The average molecular weight is 538 g/mol. The molecule has 0 aliphatic carbocycles. The van der Waals surface area contributed by atoms with E-state index in [1.165, 1.54) is 11.6 Å². The van der Waals surface area contributed by atoms with Crippen LogP contribution in [0.3, 0.4) is 0 Å². The molecule has 1 aromatic heterocycles. The Balaban J connectivity index is 0.00000341. The average Bonchev–Trinajstić information content (AvgIpc) is 3.22. The van der Waals surface area contributed by atoms with Crippen LogP contribution in [0.5, 0.6) is 0 Å². The summed E-state index contributed by atoms with van der Waals surface area (Å²) < 4.78 is 24.4. The van der Waals surface area contributed by atoms with E-state index >= 15 is 0 Å². The highest BCUT2D eigenvalue weighted by Gasteiger charge is 2.08. The number of guanidine groups is 1. The molecule has 31 heavy (non-hydrogen) atoms. The van der Waals surface area contributed by atoms with Gasteiger partial charge in [-0.2, -0.15) is 0 Å². The molecule has 0 amide bonds. The van der Waals surface area contributed by atoms with Gasteiger partial charge in [-0.15, -0.1) is 24.0 Å². The lowest BCUT2D eigenvalue weighted by Crippen LogP contribution is -2.36. The predicted octanol–water partition coefficient (Wildman–Crippen LogP) is 4.81. The van der Waals surface area contributed by atoms with Crippen molar-refractivity contribution in [1.82, 2.24) is 15.6 Å². The fourth-order valence-electron chi connectivity index (χ4n) is 2.90. The molecule has 0 saturated heterocycles. The molecule has 6 nitrogen and oxygen atoms in total. The first kappa shape index (κ1) is 24.8. The number of hydrogen-bond donors (Lipinski definition) is 2. The molecule has 3 rings (SSSR count). The van der Waals surface area contributed by atoms with E-state index in [9.17, 15) is 4.39 Å². The van der Waals surface area contributed by atoms with Crippen molar-refractivity contribution >= 4 is 29.9 Å². The van der Waals surface area contributed by atoms with Crippen molar-refractivity contribution in [3.8, 4) is 11.5 Å². The zero-order chi connectivity index (χ0) is 21.3. The lowest BCUT2D eigenvalue weighted by Gasteiger charge is -2.10. The van der Waals surface area contributed by atoms with E-state index in [1.54, 1.807) is 25.5 Å². The Hall–Kier alpha value is -2.46. The van der Waals surface area contributed by atoms with Crippen molar-refractivity contribution in [3.63, 3.8) is 0 Å². The van der Waals surface area contributed by atoms with E-state index in [-0.39, 0.29) is 36.4 Å². The summed E-state index contributed by atoms with van der Waals surface area (Å²) in [6, 6.07) is 13.0. The number of oxazole rings is 1. The summed E-state index contributed by atoms with van der Waals surface area (Å²) in [7, 11) is 1.55. The lowest BCUT2D eigenvalue weighted by atomic mass is 10.1. The molecule has 0 bridgehead atoms. The largest absolute Gasteiger partial charge is 0.444 e. The molecule has 1 heterocycles. The summed E-state index contributed by atoms with van der Waals surface area (Å²) in [5, 5.41) is 6.45. The van der Waals surface area contributed by atoms with Crippen LogP contribution in [0.1, 0.15) is 29.3 Å². The molecule has 8 heteroatoms. The molecule has 0 aliphatic heterocycles.